The second-order valence-electron chi connectivity index (χ2n) is 4.18. The van der Waals surface area contributed by atoms with E-state index in [9.17, 15) is 15.0 Å². The molecular formula is C15H12N2O4. The van der Waals surface area contributed by atoms with Crippen molar-refractivity contribution < 1.29 is 19.7 Å². The lowest BCUT2D eigenvalue weighted by Crippen LogP contribution is -2.12. The van der Waals surface area contributed by atoms with Crippen LogP contribution < -0.4 is 10.1 Å². The highest BCUT2D eigenvalue weighted by atomic mass is 16.5. The molecule has 0 saturated heterocycles. The topological polar surface area (TPSA) is 103 Å². The number of hydrogen-bond donors (Lipinski definition) is 3. The van der Waals surface area contributed by atoms with Crippen LogP contribution in [0.15, 0.2) is 36.4 Å². The van der Waals surface area contributed by atoms with E-state index >= 15 is 0 Å². The number of methoxy groups -OCH3 is 1. The van der Waals surface area contributed by atoms with Gasteiger partial charge in [0.15, 0.2) is 0 Å². The SMILES string of the molecule is COc1cc(C#N)ccc1NC(=O)c1cc(O)ccc1O. The van der Waals surface area contributed by atoms with Gasteiger partial charge in [-0.15, -0.1) is 0 Å². The molecule has 0 radical (unpaired) electrons. The third kappa shape index (κ3) is 3.04. The molecule has 2 aromatic rings. The van der Waals surface area contributed by atoms with Crippen molar-refractivity contribution in [3.8, 4) is 23.3 Å². The van der Waals surface area contributed by atoms with Gasteiger partial charge in [0.25, 0.3) is 5.91 Å². The van der Waals surface area contributed by atoms with Gasteiger partial charge in [-0.25, -0.2) is 0 Å². The van der Waals surface area contributed by atoms with Crippen LogP contribution in [0.5, 0.6) is 17.2 Å². The Morgan fingerprint density at radius 3 is 2.67 bits per heavy atom. The zero-order chi connectivity index (χ0) is 15.4. The Kier molecular flexibility index (Phi) is 3.95. The molecule has 0 atom stereocenters. The molecule has 0 bridgehead atoms. The maximum Gasteiger partial charge on any atom is 0.259 e. The highest BCUT2D eigenvalue weighted by Gasteiger charge is 2.14. The van der Waals surface area contributed by atoms with Crippen molar-refractivity contribution in [3.63, 3.8) is 0 Å². The van der Waals surface area contributed by atoms with Gasteiger partial charge in [0.2, 0.25) is 0 Å². The summed E-state index contributed by atoms with van der Waals surface area (Å²) in [4.78, 5) is 12.1. The molecular weight excluding hydrogens is 272 g/mol. The first-order chi connectivity index (χ1) is 10.0. The Balaban J connectivity index is 2.32. The van der Waals surface area contributed by atoms with E-state index < -0.39 is 5.91 Å². The smallest absolute Gasteiger partial charge is 0.259 e. The van der Waals surface area contributed by atoms with Crippen molar-refractivity contribution in [1.29, 1.82) is 5.26 Å². The third-order valence-corrected chi connectivity index (χ3v) is 2.80. The van der Waals surface area contributed by atoms with Crippen LogP contribution in [0.3, 0.4) is 0 Å². The van der Waals surface area contributed by atoms with Crippen molar-refractivity contribution in [3.05, 3.63) is 47.5 Å². The molecule has 0 unspecified atom stereocenters. The molecule has 3 N–H and O–H groups in total. The molecule has 1 amide bonds. The van der Waals surface area contributed by atoms with Crippen LogP contribution in [0, 0.1) is 11.3 Å². The molecule has 0 heterocycles. The summed E-state index contributed by atoms with van der Waals surface area (Å²) < 4.78 is 5.10. The fourth-order valence-corrected chi connectivity index (χ4v) is 1.76. The van der Waals surface area contributed by atoms with E-state index in [0.29, 0.717) is 17.0 Å². The number of benzene rings is 2. The van der Waals surface area contributed by atoms with Gasteiger partial charge >= 0.3 is 0 Å². The van der Waals surface area contributed by atoms with E-state index in [-0.39, 0.29) is 17.1 Å². The number of nitrogens with one attached hydrogen (secondary N) is 1. The fourth-order valence-electron chi connectivity index (χ4n) is 1.76. The Morgan fingerprint density at radius 2 is 2.00 bits per heavy atom. The molecule has 0 aliphatic heterocycles. The number of phenols is 2. The highest BCUT2D eigenvalue weighted by molar-refractivity contribution is 6.07. The summed E-state index contributed by atoms with van der Waals surface area (Å²) in [5, 5.41) is 30.4. The van der Waals surface area contributed by atoms with E-state index in [1.165, 1.54) is 37.4 Å². The summed E-state index contributed by atoms with van der Waals surface area (Å²) in [6.07, 6.45) is 0. The summed E-state index contributed by atoms with van der Waals surface area (Å²) >= 11 is 0. The van der Waals surface area contributed by atoms with E-state index in [1.807, 2.05) is 6.07 Å². The fraction of sp³-hybridized carbons (Fsp3) is 0.0667. The maximum atomic E-state index is 12.1. The molecule has 0 aromatic heterocycles. The summed E-state index contributed by atoms with van der Waals surface area (Å²) in [7, 11) is 1.41. The molecule has 106 valence electrons. The second kappa shape index (κ2) is 5.84. The molecule has 0 fully saturated rings. The summed E-state index contributed by atoms with van der Waals surface area (Å²) in [5.41, 5.74) is 0.677. The number of rotatable bonds is 3. The number of nitrogens with zero attached hydrogens (tertiary/aromatic N) is 1. The first-order valence-electron chi connectivity index (χ1n) is 5.96. The minimum Gasteiger partial charge on any atom is -0.508 e. The molecule has 21 heavy (non-hydrogen) atoms. The molecule has 2 aromatic carbocycles. The highest BCUT2D eigenvalue weighted by Crippen LogP contribution is 2.28. The van der Waals surface area contributed by atoms with E-state index in [2.05, 4.69) is 5.32 Å². The number of carbonyl (C=O) groups excluding carboxylic acids is 1. The standard InChI is InChI=1S/C15H12N2O4/c1-21-14-6-9(8-16)2-4-12(14)17-15(20)11-7-10(18)3-5-13(11)19/h2-7,18-19H,1H3,(H,17,20). The van der Waals surface area contributed by atoms with E-state index in [0.717, 1.165) is 6.07 Å². The van der Waals surface area contributed by atoms with Crippen LogP contribution in [0.25, 0.3) is 0 Å². The first-order valence-corrected chi connectivity index (χ1v) is 5.96. The van der Waals surface area contributed by atoms with Gasteiger partial charge in [-0.1, -0.05) is 0 Å². The normalized spacial score (nSPS) is 9.71. The van der Waals surface area contributed by atoms with Crippen molar-refractivity contribution in [2.45, 2.75) is 0 Å². The van der Waals surface area contributed by atoms with Crippen molar-refractivity contribution in [2.75, 3.05) is 12.4 Å². The lowest BCUT2D eigenvalue weighted by molar-refractivity contribution is 0.102. The zero-order valence-corrected chi connectivity index (χ0v) is 11.1. The molecule has 0 aliphatic carbocycles. The lowest BCUT2D eigenvalue weighted by Gasteiger charge is -2.11. The third-order valence-electron chi connectivity index (χ3n) is 2.80. The Labute approximate surface area is 120 Å². The second-order valence-corrected chi connectivity index (χ2v) is 4.18. The molecule has 6 nitrogen and oxygen atoms in total. The number of phenolic OH excluding ortho intramolecular Hbond substituents is 2. The van der Waals surface area contributed by atoms with Crippen LogP contribution >= 0.6 is 0 Å². The molecule has 0 saturated carbocycles. The number of nitriles is 1. The van der Waals surface area contributed by atoms with Crippen molar-refractivity contribution in [1.82, 2.24) is 0 Å². The van der Waals surface area contributed by atoms with Gasteiger partial charge < -0.3 is 20.3 Å². The quantitative estimate of drug-likeness (QED) is 0.750. The minimum atomic E-state index is -0.605. The van der Waals surface area contributed by atoms with Gasteiger partial charge in [0.05, 0.1) is 30.0 Å². The van der Waals surface area contributed by atoms with Crippen LogP contribution in [0.2, 0.25) is 0 Å². The van der Waals surface area contributed by atoms with Gasteiger partial charge in [-0.2, -0.15) is 5.26 Å². The predicted molar refractivity (Wildman–Crippen MR) is 75.4 cm³/mol. The van der Waals surface area contributed by atoms with Crippen LogP contribution in [-0.4, -0.2) is 23.2 Å². The maximum absolute atomic E-state index is 12.1. The predicted octanol–water partition coefficient (Wildman–Crippen LogP) is 2.23. The van der Waals surface area contributed by atoms with Gasteiger partial charge in [0.1, 0.15) is 17.2 Å². The van der Waals surface area contributed by atoms with Gasteiger partial charge in [0, 0.05) is 6.07 Å². The Morgan fingerprint density at radius 1 is 1.24 bits per heavy atom. The minimum absolute atomic E-state index is 0.0681. The van der Waals surface area contributed by atoms with E-state index in [1.54, 1.807) is 0 Å². The average molecular weight is 284 g/mol. The van der Waals surface area contributed by atoms with Gasteiger partial charge in [-0.05, 0) is 30.3 Å². The van der Waals surface area contributed by atoms with Crippen LogP contribution in [0.4, 0.5) is 5.69 Å². The number of hydrogen-bond acceptors (Lipinski definition) is 5. The Bertz CT molecular complexity index is 735. The average Bonchev–Trinajstić information content (AvgIpc) is 2.49. The summed E-state index contributed by atoms with van der Waals surface area (Å²) in [6, 6.07) is 10.1. The largest absolute Gasteiger partial charge is 0.508 e. The van der Waals surface area contributed by atoms with Gasteiger partial charge in [-0.3, -0.25) is 4.79 Å². The van der Waals surface area contributed by atoms with Crippen molar-refractivity contribution >= 4 is 11.6 Å². The van der Waals surface area contributed by atoms with Crippen LogP contribution in [0.1, 0.15) is 15.9 Å². The number of aromatic hydroxyl groups is 2. The number of amides is 1. The molecule has 0 spiro atoms. The number of anilines is 1. The van der Waals surface area contributed by atoms with Crippen molar-refractivity contribution in [2.24, 2.45) is 0 Å². The number of ether oxygens (including phenoxy) is 1. The molecule has 6 heteroatoms. The Hall–Kier alpha value is -3.20. The molecule has 2 rings (SSSR count). The lowest BCUT2D eigenvalue weighted by atomic mass is 10.1. The summed E-state index contributed by atoms with van der Waals surface area (Å²) in [6.45, 7) is 0. The molecule has 0 aliphatic rings. The van der Waals surface area contributed by atoms with Crippen LogP contribution in [-0.2, 0) is 0 Å². The summed E-state index contributed by atoms with van der Waals surface area (Å²) in [5.74, 6) is -0.670. The first kappa shape index (κ1) is 14.2. The monoisotopic (exact) mass is 284 g/mol. The number of carbonyl (C=O) groups is 1. The zero-order valence-electron chi connectivity index (χ0n) is 11.1. The van der Waals surface area contributed by atoms with E-state index in [4.69, 9.17) is 10.00 Å².